The Balaban J connectivity index is 1.87. The molecule has 0 spiro atoms. The largest absolute Gasteiger partial charge is 0.481 e. The maximum Gasteiger partial charge on any atom is 0.303 e. The van der Waals surface area contributed by atoms with Gasteiger partial charge in [0.1, 0.15) is 5.78 Å². The summed E-state index contributed by atoms with van der Waals surface area (Å²) in [7, 11) is 0. The van der Waals surface area contributed by atoms with E-state index in [9.17, 15) is 24.6 Å². The lowest BCUT2D eigenvalue weighted by molar-refractivity contribution is -0.158. The summed E-state index contributed by atoms with van der Waals surface area (Å²) in [6.45, 7) is 11.4. The predicted molar refractivity (Wildman–Crippen MR) is 129 cm³/mol. The van der Waals surface area contributed by atoms with E-state index in [1.807, 2.05) is 6.92 Å². The summed E-state index contributed by atoms with van der Waals surface area (Å²) in [4.78, 5) is 36.4. The van der Waals surface area contributed by atoms with E-state index in [0.29, 0.717) is 30.6 Å². The molecule has 0 bridgehead atoms. The Kier molecular flexibility index (Phi) is 8.01. The number of carbonyl (C=O) groups is 3. The second kappa shape index (κ2) is 10.1. The van der Waals surface area contributed by atoms with Crippen LogP contribution in [0.5, 0.6) is 0 Å². The van der Waals surface area contributed by atoms with Crippen molar-refractivity contribution < 1.29 is 24.6 Å². The van der Waals surface area contributed by atoms with Crippen molar-refractivity contribution in [3.05, 3.63) is 0 Å². The molecule has 3 fully saturated rings. The van der Waals surface area contributed by atoms with Gasteiger partial charge in [0.15, 0.2) is 0 Å². The van der Waals surface area contributed by atoms with E-state index in [1.54, 1.807) is 0 Å². The van der Waals surface area contributed by atoms with Crippen LogP contribution in [0.25, 0.3) is 0 Å². The third kappa shape index (κ3) is 5.17. The molecule has 0 radical (unpaired) electrons. The Bertz CT molecular complexity index is 745. The molecule has 188 valence electrons. The van der Waals surface area contributed by atoms with E-state index in [2.05, 4.69) is 27.7 Å². The van der Waals surface area contributed by atoms with Crippen molar-refractivity contribution in [3.63, 3.8) is 0 Å². The van der Waals surface area contributed by atoms with Crippen molar-refractivity contribution in [3.8, 4) is 0 Å². The molecule has 33 heavy (non-hydrogen) atoms. The first-order valence-corrected chi connectivity index (χ1v) is 13.4. The number of fused-ring (bicyclic) bond motifs is 3. The third-order valence-electron chi connectivity index (χ3n) is 10.3. The minimum Gasteiger partial charge on any atom is -0.481 e. The lowest BCUT2D eigenvalue weighted by Gasteiger charge is -2.58. The monoisotopic (exact) mass is 462 g/mol. The minimum atomic E-state index is -0.856. The summed E-state index contributed by atoms with van der Waals surface area (Å²) in [6, 6.07) is 0. The maximum atomic E-state index is 13.3. The Morgan fingerprint density at radius 3 is 2.30 bits per heavy atom. The molecule has 0 aliphatic heterocycles. The van der Waals surface area contributed by atoms with E-state index < -0.39 is 17.4 Å². The summed E-state index contributed by atoms with van der Waals surface area (Å²) in [5.41, 5.74) is -0.441. The summed E-state index contributed by atoms with van der Waals surface area (Å²) in [6.07, 6.45) is 8.85. The van der Waals surface area contributed by atoms with Gasteiger partial charge in [-0.05, 0) is 78.9 Å². The molecular formula is C28H46O5. The van der Waals surface area contributed by atoms with Crippen molar-refractivity contribution >= 4 is 17.7 Å². The molecule has 0 aromatic heterocycles. The van der Waals surface area contributed by atoms with Crippen LogP contribution in [0.2, 0.25) is 0 Å². The van der Waals surface area contributed by atoms with E-state index in [1.165, 1.54) is 25.7 Å². The molecule has 5 unspecified atom stereocenters. The first-order chi connectivity index (χ1) is 15.4. The lowest BCUT2D eigenvalue weighted by atomic mass is 9.45. The van der Waals surface area contributed by atoms with Gasteiger partial charge in [0.2, 0.25) is 0 Å². The van der Waals surface area contributed by atoms with Crippen LogP contribution < -0.4 is 0 Å². The highest BCUT2D eigenvalue weighted by molar-refractivity contribution is 5.87. The molecular weight excluding hydrogens is 416 g/mol. The SMILES string of the molecule is CC(C)CCCC(C)C1CCC2C3C(CC[C@]12C)[C@@](C)(CCC(=O)O)C(=O)C[C@@H]3CC(=O)O. The van der Waals surface area contributed by atoms with Crippen molar-refractivity contribution in [1.29, 1.82) is 0 Å². The normalized spacial score (nSPS) is 39.2. The van der Waals surface area contributed by atoms with Gasteiger partial charge in [0.05, 0.1) is 0 Å². The van der Waals surface area contributed by atoms with Gasteiger partial charge in [-0.2, -0.15) is 0 Å². The number of hydrogen-bond donors (Lipinski definition) is 2. The van der Waals surface area contributed by atoms with E-state index >= 15 is 0 Å². The molecule has 3 saturated carbocycles. The minimum absolute atomic E-state index is 0.00645. The molecule has 0 heterocycles. The number of carboxylic acid groups (broad SMARTS) is 2. The van der Waals surface area contributed by atoms with Gasteiger partial charge >= 0.3 is 11.9 Å². The fourth-order valence-electron chi connectivity index (χ4n) is 8.56. The number of Topliss-reactive ketones (excluding diaryl/α,β-unsaturated/α-hetero) is 1. The van der Waals surface area contributed by atoms with Crippen molar-refractivity contribution in [2.24, 2.45) is 52.3 Å². The molecule has 0 amide bonds. The van der Waals surface area contributed by atoms with Gasteiger partial charge in [0, 0.05) is 24.7 Å². The van der Waals surface area contributed by atoms with Crippen LogP contribution in [0, 0.1) is 52.3 Å². The Hall–Kier alpha value is -1.39. The topological polar surface area (TPSA) is 91.7 Å². The molecule has 8 atom stereocenters. The predicted octanol–water partition coefficient (Wildman–Crippen LogP) is 6.44. The van der Waals surface area contributed by atoms with Crippen LogP contribution in [0.4, 0.5) is 0 Å². The second-order valence-electron chi connectivity index (χ2n) is 12.6. The molecule has 0 saturated heterocycles. The Morgan fingerprint density at radius 2 is 1.70 bits per heavy atom. The van der Waals surface area contributed by atoms with Crippen LogP contribution in [0.1, 0.15) is 105 Å². The zero-order chi connectivity index (χ0) is 24.6. The van der Waals surface area contributed by atoms with E-state index in [4.69, 9.17) is 0 Å². The van der Waals surface area contributed by atoms with Gasteiger partial charge in [-0.3, -0.25) is 14.4 Å². The van der Waals surface area contributed by atoms with Gasteiger partial charge in [-0.15, -0.1) is 0 Å². The van der Waals surface area contributed by atoms with Crippen LogP contribution >= 0.6 is 0 Å². The van der Waals surface area contributed by atoms with Crippen LogP contribution in [-0.2, 0) is 14.4 Å². The first-order valence-electron chi connectivity index (χ1n) is 13.4. The fraction of sp³-hybridized carbons (Fsp3) is 0.893. The zero-order valence-electron chi connectivity index (χ0n) is 21.4. The van der Waals surface area contributed by atoms with Crippen LogP contribution in [0.15, 0.2) is 0 Å². The number of carbonyl (C=O) groups excluding carboxylic acids is 1. The average Bonchev–Trinajstić information content (AvgIpc) is 3.06. The number of aliphatic carboxylic acids is 2. The molecule has 0 aromatic rings. The molecule has 5 nitrogen and oxygen atoms in total. The third-order valence-corrected chi connectivity index (χ3v) is 10.3. The molecule has 2 N–H and O–H groups in total. The standard InChI is InChI=1S/C28H46O5/c1-17(2)7-6-8-18(3)20-9-10-21-26-19(16-25(32)33)15-23(29)28(5,14-12-24(30)31)22(26)11-13-27(20,21)4/h17-22,26H,6-16H2,1-5H3,(H,30,31)(H,32,33)/t18?,19-,20?,21?,22?,26?,27-,28-/m1/s1. The van der Waals surface area contributed by atoms with Crippen molar-refractivity contribution in [1.82, 2.24) is 0 Å². The van der Waals surface area contributed by atoms with Gasteiger partial charge in [-0.1, -0.05) is 53.9 Å². The molecule has 5 heteroatoms. The second-order valence-corrected chi connectivity index (χ2v) is 12.6. The Labute approximate surface area is 200 Å². The molecule has 0 aromatic carbocycles. The number of ketones is 1. The number of rotatable bonds is 10. The van der Waals surface area contributed by atoms with E-state index in [-0.39, 0.29) is 41.8 Å². The highest BCUT2D eigenvalue weighted by Crippen LogP contribution is 2.67. The zero-order valence-corrected chi connectivity index (χ0v) is 21.4. The summed E-state index contributed by atoms with van der Waals surface area (Å²) in [5.74, 6) is 1.12. The highest BCUT2D eigenvalue weighted by Gasteiger charge is 2.62. The fourth-order valence-corrected chi connectivity index (χ4v) is 8.56. The van der Waals surface area contributed by atoms with Gasteiger partial charge in [0.25, 0.3) is 0 Å². The maximum absolute atomic E-state index is 13.3. The van der Waals surface area contributed by atoms with Crippen molar-refractivity contribution in [2.45, 2.75) is 105 Å². The molecule has 3 aliphatic rings. The highest BCUT2D eigenvalue weighted by atomic mass is 16.4. The lowest BCUT2D eigenvalue weighted by Crippen LogP contribution is -2.56. The molecule has 3 aliphatic carbocycles. The number of carboxylic acids is 2. The number of hydrogen-bond acceptors (Lipinski definition) is 3. The summed E-state index contributed by atoms with van der Waals surface area (Å²) >= 11 is 0. The van der Waals surface area contributed by atoms with Crippen LogP contribution in [-0.4, -0.2) is 27.9 Å². The van der Waals surface area contributed by atoms with E-state index in [0.717, 1.165) is 25.2 Å². The van der Waals surface area contributed by atoms with Crippen LogP contribution in [0.3, 0.4) is 0 Å². The molecule has 3 rings (SSSR count). The average molecular weight is 463 g/mol. The summed E-state index contributed by atoms with van der Waals surface area (Å²) in [5, 5.41) is 19.0. The smallest absolute Gasteiger partial charge is 0.303 e. The van der Waals surface area contributed by atoms with Gasteiger partial charge < -0.3 is 10.2 Å². The van der Waals surface area contributed by atoms with Gasteiger partial charge in [-0.25, -0.2) is 0 Å². The quantitative estimate of drug-likeness (QED) is 0.390. The summed E-state index contributed by atoms with van der Waals surface area (Å²) < 4.78 is 0. The van der Waals surface area contributed by atoms with Crippen molar-refractivity contribution in [2.75, 3.05) is 0 Å². The Morgan fingerprint density at radius 1 is 1.00 bits per heavy atom. The first kappa shape index (κ1) is 26.2.